The highest BCUT2D eigenvalue weighted by atomic mass is 16.5. The molecular weight excluding hydrogens is 240 g/mol. The maximum Gasteiger partial charge on any atom is 0.305 e. The highest BCUT2D eigenvalue weighted by Crippen LogP contribution is 2.12. The van der Waals surface area contributed by atoms with E-state index in [1.165, 1.54) is 45.6 Å². The third kappa shape index (κ3) is 13.7. The van der Waals surface area contributed by atoms with Crippen LogP contribution < -0.4 is 0 Å². The van der Waals surface area contributed by atoms with E-state index in [1.54, 1.807) is 0 Å². The van der Waals surface area contributed by atoms with Crippen LogP contribution in [0.25, 0.3) is 0 Å². The first kappa shape index (κ1) is 18.4. The van der Waals surface area contributed by atoms with E-state index in [-0.39, 0.29) is 12.1 Å². The third-order valence-electron chi connectivity index (χ3n) is 3.62. The molecular formula is C16H32O3. The van der Waals surface area contributed by atoms with Gasteiger partial charge >= 0.3 is 5.97 Å². The van der Waals surface area contributed by atoms with Crippen LogP contribution in [-0.4, -0.2) is 24.3 Å². The fourth-order valence-electron chi connectivity index (χ4n) is 2.19. The van der Waals surface area contributed by atoms with Gasteiger partial charge in [0.05, 0.1) is 13.2 Å². The Morgan fingerprint density at radius 3 is 1.89 bits per heavy atom. The molecule has 0 spiro atoms. The molecule has 1 atom stereocenters. The molecule has 1 unspecified atom stereocenters. The quantitative estimate of drug-likeness (QED) is 0.403. The van der Waals surface area contributed by atoms with E-state index >= 15 is 0 Å². The number of aliphatic hydroxyl groups excluding tert-OH is 1. The molecule has 0 saturated carbocycles. The Morgan fingerprint density at radius 2 is 1.42 bits per heavy atom. The van der Waals surface area contributed by atoms with Gasteiger partial charge in [0, 0.05) is 6.42 Å². The number of carbonyl (C=O) groups excluding carboxylic acids is 1. The van der Waals surface area contributed by atoms with Crippen molar-refractivity contribution in [3.63, 3.8) is 0 Å². The van der Waals surface area contributed by atoms with Crippen LogP contribution >= 0.6 is 0 Å². The minimum Gasteiger partial charge on any atom is -0.469 e. The molecule has 0 aliphatic rings. The lowest BCUT2D eigenvalue weighted by molar-refractivity contribution is -0.140. The molecule has 0 radical (unpaired) electrons. The zero-order valence-corrected chi connectivity index (χ0v) is 12.8. The average Bonchev–Trinajstić information content (AvgIpc) is 2.43. The molecule has 0 bridgehead atoms. The Balaban J connectivity index is 3.05. The van der Waals surface area contributed by atoms with Gasteiger partial charge in [-0.1, -0.05) is 58.3 Å². The van der Waals surface area contributed by atoms with Crippen LogP contribution in [0.3, 0.4) is 0 Å². The molecule has 0 heterocycles. The summed E-state index contributed by atoms with van der Waals surface area (Å²) in [7, 11) is 1.45. The number of hydrogen-bond donors (Lipinski definition) is 1. The highest BCUT2D eigenvalue weighted by molar-refractivity contribution is 5.68. The van der Waals surface area contributed by atoms with Gasteiger partial charge < -0.3 is 9.84 Å². The summed E-state index contributed by atoms with van der Waals surface area (Å²) in [6.45, 7) is 2.03. The number of carbonyl (C=O) groups is 1. The second-order valence-corrected chi connectivity index (χ2v) is 5.36. The molecule has 0 aliphatic heterocycles. The molecule has 114 valence electrons. The molecule has 0 rings (SSSR count). The van der Waals surface area contributed by atoms with E-state index < -0.39 is 0 Å². The van der Waals surface area contributed by atoms with Crippen LogP contribution in [0.1, 0.15) is 84.0 Å². The van der Waals surface area contributed by atoms with Crippen LogP contribution in [-0.2, 0) is 9.53 Å². The monoisotopic (exact) mass is 272 g/mol. The molecule has 1 N–H and O–H groups in total. The van der Waals surface area contributed by atoms with Crippen molar-refractivity contribution in [2.75, 3.05) is 7.11 Å². The number of ether oxygens (including phenoxy) is 1. The van der Waals surface area contributed by atoms with Crippen molar-refractivity contribution in [3.8, 4) is 0 Å². The lowest BCUT2D eigenvalue weighted by Gasteiger charge is -2.06. The highest BCUT2D eigenvalue weighted by Gasteiger charge is 2.00. The van der Waals surface area contributed by atoms with Gasteiger partial charge in [-0.05, 0) is 19.3 Å². The van der Waals surface area contributed by atoms with Gasteiger partial charge in [-0.2, -0.15) is 0 Å². The second-order valence-electron chi connectivity index (χ2n) is 5.36. The number of unbranched alkanes of at least 4 members (excludes halogenated alkanes) is 8. The first-order valence-electron chi connectivity index (χ1n) is 7.95. The number of rotatable bonds is 13. The summed E-state index contributed by atoms with van der Waals surface area (Å²) in [5.74, 6) is -0.0886. The summed E-state index contributed by atoms with van der Waals surface area (Å²) in [5, 5.41) is 9.41. The maximum absolute atomic E-state index is 10.9. The van der Waals surface area contributed by atoms with Gasteiger partial charge in [0.15, 0.2) is 0 Å². The molecule has 0 amide bonds. The lowest BCUT2D eigenvalue weighted by atomic mass is 10.0. The Morgan fingerprint density at radius 1 is 0.947 bits per heavy atom. The zero-order chi connectivity index (χ0) is 14.3. The van der Waals surface area contributed by atoms with Crippen molar-refractivity contribution in [1.82, 2.24) is 0 Å². The summed E-state index contributed by atoms with van der Waals surface area (Å²) in [4.78, 5) is 10.9. The maximum atomic E-state index is 10.9. The van der Waals surface area contributed by atoms with E-state index in [1.807, 2.05) is 6.92 Å². The van der Waals surface area contributed by atoms with Crippen molar-refractivity contribution < 1.29 is 14.6 Å². The molecule has 0 aromatic rings. The average molecular weight is 272 g/mol. The van der Waals surface area contributed by atoms with Gasteiger partial charge in [0.1, 0.15) is 0 Å². The third-order valence-corrected chi connectivity index (χ3v) is 3.62. The Hall–Kier alpha value is -0.570. The molecule has 0 aromatic heterocycles. The lowest BCUT2D eigenvalue weighted by Crippen LogP contribution is -2.03. The van der Waals surface area contributed by atoms with Crippen LogP contribution in [0.15, 0.2) is 0 Å². The fourth-order valence-corrected chi connectivity index (χ4v) is 2.19. The molecule has 3 nitrogen and oxygen atoms in total. The predicted octanol–water partition coefficient (Wildman–Crippen LogP) is 4.22. The minimum atomic E-state index is -0.0886. The number of hydrogen-bond acceptors (Lipinski definition) is 3. The first-order valence-corrected chi connectivity index (χ1v) is 7.95. The van der Waals surface area contributed by atoms with Crippen molar-refractivity contribution >= 4 is 5.97 Å². The SMILES string of the molecule is CCC(O)CCCCCCCCCCCC(=O)OC. The molecule has 0 aliphatic carbocycles. The van der Waals surface area contributed by atoms with Gasteiger partial charge in [-0.3, -0.25) is 4.79 Å². The predicted molar refractivity (Wildman–Crippen MR) is 79.1 cm³/mol. The Labute approximate surface area is 118 Å². The number of methoxy groups -OCH3 is 1. The summed E-state index contributed by atoms with van der Waals surface area (Å²) >= 11 is 0. The molecule has 0 fully saturated rings. The largest absolute Gasteiger partial charge is 0.469 e. The fraction of sp³-hybridized carbons (Fsp3) is 0.938. The first-order chi connectivity index (χ1) is 9.20. The smallest absolute Gasteiger partial charge is 0.305 e. The summed E-state index contributed by atoms with van der Waals surface area (Å²) < 4.78 is 4.60. The Bertz CT molecular complexity index is 204. The van der Waals surface area contributed by atoms with Gasteiger partial charge in [0.25, 0.3) is 0 Å². The van der Waals surface area contributed by atoms with Crippen molar-refractivity contribution in [2.24, 2.45) is 0 Å². The minimum absolute atomic E-state index is 0.0881. The van der Waals surface area contributed by atoms with E-state index in [0.29, 0.717) is 6.42 Å². The molecule has 19 heavy (non-hydrogen) atoms. The molecule has 3 heteroatoms. The van der Waals surface area contributed by atoms with Crippen molar-refractivity contribution in [1.29, 1.82) is 0 Å². The number of esters is 1. The molecule has 0 aromatic carbocycles. The number of aliphatic hydroxyl groups is 1. The van der Waals surface area contributed by atoms with Gasteiger partial charge in [-0.15, -0.1) is 0 Å². The van der Waals surface area contributed by atoms with Gasteiger partial charge in [-0.25, -0.2) is 0 Å². The van der Waals surface area contributed by atoms with Crippen molar-refractivity contribution in [2.45, 2.75) is 90.1 Å². The topological polar surface area (TPSA) is 46.5 Å². The summed E-state index contributed by atoms with van der Waals surface area (Å²) in [6.07, 6.45) is 13.2. The molecule has 0 saturated heterocycles. The van der Waals surface area contributed by atoms with E-state index in [0.717, 1.165) is 32.1 Å². The van der Waals surface area contributed by atoms with Crippen LogP contribution in [0, 0.1) is 0 Å². The zero-order valence-electron chi connectivity index (χ0n) is 12.8. The standard InChI is InChI=1S/C16H32O3/c1-3-15(17)13-11-9-7-5-4-6-8-10-12-14-16(18)19-2/h15,17H,3-14H2,1-2H3. The van der Waals surface area contributed by atoms with Gasteiger partial charge in [0.2, 0.25) is 0 Å². The second kappa shape index (κ2) is 13.9. The Kier molecular flexibility index (Phi) is 13.4. The van der Waals surface area contributed by atoms with Crippen molar-refractivity contribution in [3.05, 3.63) is 0 Å². The summed E-state index contributed by atoms with van der Waals surface area (Å²) in [6, 6.07) is 0. The van der Waals surface area contributed by atoms with E-state index in [2.05, 4.69) is 4.74 Å². The van der Waals surface area contributed by atoms with E-state index in [9.17, 15) is 9.90 Å². The van der Waals surface area contributed by atoms with Crippen LogP contribution in [0.4, 0.5) is 0 Å². The van der Waals surface area contributed by atoms with Crippen LogP contribution in [0.5, 0.6) is 0 Å². The van der Waals surface area contributed by atoms with E-state index in [4.69, 9.17) is 0 Å². The normalized spacial score (nSPS) is 12.4. The summed E-state index contributed by atoms with van der Waals surface area (Å²) in [5.41, 5.74) is 0. The van der Waals surface area contributed by atoms with Crippen LogP contribution in [0.2, 0.25) is 0 Å².